The molecular formula is C28H28F2N2O2. The quantitative estimate of drug-likeness (QED) is 0.469. The molecule has 176 valence electrons. The molecule has 2 atom stereocenters. The summed E-state index contributed by atoms with van der Waals surface area (Å²) in [5.74, 6) is -0.238. The monoisotopic (exact) mass is 462 g/mol. The van der Waals surface area contributed by atoms with Crippen molar-refractivity contribution < 1.29 is 18.7 Å². The zero-order chi connectivity index (χ0) is 23.7. The maximum atomic E-state index is 13.9. The third-order valence-electron chi connectivity index (χ3n) is 7.35. The molecule has 0 radical (unpaired) electrons. The lowest BCUT2D eigenvalue weighted by atomic mass is 9.84. The van der Waals surface area contributed by atoms with E-state index in [2.05, 4.69) is 29.2 Å². The molecule has 6 heteroatoms. The van der Waals surface area contributed by atoms with E-state index in [4.69, 9.17) is 0 Å². The zero-order valence-corrected chi connectivity index (χ0v) is 18.9. The first-order valence-electron chi connectivity index (χ1n) is 11.8. The van der Waals surface area contributed by atoms with Gasteiger partial charge in [0.1, 0.15) is 11.6 Å². The lowest BCUT2D eigenvalue weighted by Crippen LogP contribution is -2.47. The number of nitrogens with zero attached hydrogens (tertiary/aromatic N) is 2. The van der Waals surface area contributed by atoms with E-state index >= 15 is 0 Å². The Kier molecular flexibility index (Phi) is 6.33. The number of para-hydroxylation sites is 1. The Morgan fingerprint density at radius 2 is 1.53 bits per heavy atom. The molecule has 2 bridgehead atoms. The van der Waals surface area contributed by atoms with Crippen molar-refractivity contribution in [3.63, 3.8) is 0 Å². The van der Waals surface area contributed by atoms with E-state index in [9.17, 15) is 18.7 Å². The summed E-state index contributed by atoms with van der Waals surface area (Å²) < 4.78 is 27.8. The van der Waals surface area contributed by atoms with Crippen LogP contribution in [-0.4, -0.2) is 35.7 Å². The van der Waals surface area contributed by atoms with Crippen LogP contribution in [0.1, 0.15) is 18.4 Å². The van der Waals surface area contributed by atoms with E-state index in [0.717, 1.165) is 38.5 Å². The van der Waals surface area contributed by atoms with Crippen LogP contribution in [0.25, 0.3) is 11.1 Å². The minimum Gasteiger partial charge on any atom is -0.465 e. The van der Waals surface area contributed by atoms with Gasteiger partial charge in [-0.2, -0.15) is 0 Å². The topological polar surface area (TPSA) is 43.8 Å². The highest BCUT2D eigenvalue weighted by Gasteiger charge is 2.43. The molecule has 1 heterocycles. The predicted octanol–water partition coefficient (Wildman–Crippen LogP) is 6.27. The van der Waals surface area contributed by atoms with Crippen LogP contribution in [0.15, 0.2) is 72.8 Å². The number of halogens is 2. The van der Waals surface area contributed by atoms with Crippen molar-refractivity contribution >= 4 is 11.8 Å². The number of benzene rings is 3. The van der Waals surface area contributed by atoms with E-state index in [1.165, 1.54) is 22.6 Å². The smallest absolute Gasteiger partial charge is 0.411 e. The Bertz CT molecular complexity index is 1140. The Morgan fingerprint density at radius 3 is 2.18 bits per heavy atom. The Labute approximate surface area is 198 Å². The van der Waals surface area contributed by atoms with Gasteiger partial charge in [-0.1, -0.05) is 48.5 Å². The lowest BCUT2D eigenvalue weighted by molar-refractivity contribution is 0.105. The molecule has 0 spiro atoms. The van der Waals surface area contributed by atoms with Crippen LogP contribution in [0.2, 0.25) is 0 Å². The third kappa shape index (κ3) is 4.68. The van der Waals surface area contributed by atoms with Crippen LogP contribution in [0.5, 0.6) is 0 Å². The summed E-state index contributed by atoms with van der Waals surface area (Å²) in [6.07, 6.45) is 1.16. The Balaban J connectivity index is 1.37. The molecule has 1 N–H and O–H groups in total. The molecule has 1 saturated heterocycles. The molecule has 4 nitrogen and oxygen atoms in total. The summed E-state index contributed by atoms with van der Waals surface area (Å²) in [5, 5.41) is 10.1. The van der Waals surface area contributed by atoms with Crippen molar-refractivity contribution in [1.82, 2.24) is 4.90 Å². The van der Waals surface area contributed by atoms with Gasteiger partial charge in [0.15, 0.2) is 0 Å². The number of piperidine rings is 1. The van der Waals surface area contributed by atoms with Crippen molar-refractivity contribution in [2.45, 2.75) is 19.4 Å². The molecule has 1 aliphatic heterocycles. The predicted molar refractivity (Wildman–Crippen MR) is 129 cm³/mol. The minimum absolute atomic E-state index is 0.264. The van der Waals surface area contributed by atoms with Gasteiger partial charge in [0, 0.05) is 37.8 Å². The van der Waals surface area contributed by atoms with E-state index < -0.39 is 17.7 Å². The van der Waals surface area contributed by atoms with Gasteiger partial charge in [-0.15, -0.1) is 0 Å². The molecule has 2 fully saturated rings. The molecule has 1 saturated carbocycles. The first-order valence-corrected chi connectivity index (χ1v) is 11.8. The second-order valence-corrected chi connectivity index (χ2v) is 9.51. The van der Waals surface area contributed by atoms with Crippen molar-refractivity contribution in [3.05, 3.63) is 90.0 Å². The molecule has 5 rings (SSSR count). The van der Waals surface area contributed by atoms with Gasteiger partial charge in [-0.05, 0) is 59.9 Å². The standard InChI is InChI=1S/C28H28F2N2O2/c29-23-12-22(13-24(30)14-23)25-8-4-5-9-27(25)32(28(33)34)18-26-20-10-11-21(26)17-31(16-20)15-19-6-2-1-3-7-19/h1-9,12-14,20-21,26H,10-11,15-18H2,(H,33,34). The first-order chi connectivity index (χ1) is 16.5. The van der Waals surface area contributed by atoms with Crippen LogP contribution < -0.4 is 4.90 Å². The molecule has 2 aliphatic rings. The van der Waals surface area contributed by atoms with Gasteiger partial charge >= 0.3 is 6.09 Å². The highest BCUT2D eigenvalue weighted by molar-refractivity contribution is 5.92. The van der Waals surface area contributed by atoms with Crippen LogP contribution in [0.4, 0.5) is 19.3 Å². The SMILES string of the molecule is O=C(O)N(CC1C2CCC1CN(Cc1ccccc1)C2)c1ccccc1-c1cc(F)cc(F)c1. The summed E-state index contributed by atoms with van der Waals surface area (Å²) in [6, 6.07) is 20.7. The summed E-state index contributed by atoms with van der Waals surface area (Å²) in [7, 11) is 0. The van der Waals surface area contributed by atoms with E-state index in [1.807, 2.05) is 6.07 Å². The van der Waals surface area contributed by atoms with Gasteiger partial charge in [-0.3, -0.25) is 9.80 Å². The van der Waals surface area contributed by atoms with Crippen LogP contribution >= 0.6 is 0 Å². The van der Waals surface area contributed by atoms with Crippen molar-refractivity contribution in [2.75, 3.05) is 24.5 Å². The fourth-order valence-corrected chi connectivity index (χ4v) is 5.85. The van der Waals surface area contributed by atoms with Crippen molar-refractivity contribution in [2.24, 2.45) is 17.8 Å². The van der Waals surface area contributed by atoms with Crippen molar-refractivity contribution in [3.8, 4) is 11.1 Å². The van der Waals surface area contributed by atoms with E-state index in [0.29, 0.717) is 35.2 Å². The van der Waals surface area contributed by atoms with Gasteiger partial charge in [0.25, 0.3) is 0 Å². The molecule has 3 aromatic rings. The second-order valence-electron chi connectivity index (χ2n) is 9.51. The number of amides is 1. The highest BCUT2D eigenvalue weighted by Crippen LogP contribution is 2.44. The number of fused-ring (bicyclic) bond motifs is 2. The molecule has 3 aromatic carbocycles. The number of likely N-dealkylation sites (tertiary alicyclic amines) is 1. The minimum atomic E-state index is -1.05. The fourth-order valence-electron chi connectivity index (χ4n) is 5.85. The number of carbonyl (C=O) groups is 1. The summed E-state index contributed by atoms with van der Waals surface area (Å²) in [5.41, 5.74) is 2.60. The average Bonchev–Trinajstić information content (AvgIpc) is 3.04. The molecule has 1 aliphatic carbocycles. The van der Waals surface area contributed by atoms with Gasteiger partial charge in [0.2, 0.25) is 0 Å². The average molecular weight is 463 g/mol. The number of rotatable bonds is 6. The van der Waals surface area contributed by atoms with Gasteiger partial charge in [0.05, 0.1) is 5.69 Å². The van der Waals surface area contributed by atoms with Crippen LogP contribution in [0.3, 0.4) is 0 Å². The normalized spacial score (nSPS) is 22.0. The lowest BCUT2D eigenvalue weighted by Gasteiger charge is -2.40. The van der Waals surface area contributed by atoms with Crippen molar-refractivity contribution in [1.29, 1.82) is 0 Å². The third-order valence-corrected chi connectivity index (χ3v) is 7.35. The maximum absolute atomic E-state index is 13.9. The van der Waals surface area contributed by atoms with E-state index in [-0.39, 0.29) is 5.92 Å². The summed E-state index contributed by atoms with van der Waals surface area (Å²) in [6.45, 7) is 3.22. The summed E-state index contributed by atoms with van der Waals surface area (Å²) in [4.78, 5) is 16.3. The molecule has 2 unspecified atom stereocenters. The number of carboxylic acid groups (broad SMARTS) is 1. The molecule has 1 amide bonds. The maximum Gasteiger partial charge on any atom is 0.411 e. The van der Waals surface area contributed by atoms with Gasteiger partial charge < -0.3 is 5.11 Å². The molecular weight excluding hydrogens is 434 g/mol. The number of hydrogen-bond donors (Lipinski definition) is 1. The second kappa shape index (κ2) is 9.55. The fraction of sp³-hybridized carbons (Fsp3) is 0.321. The zero-order valence-electron chi connectivity index (χ0n) is 18.9. The summed E-state index contributed by atoms with van der Waals surface area (Å²) >= 11 is 0. The first kappa shape index (κ1) is 22.5. The van der Waals surface area contributed by atoms with E-state index in [1.54, 1.807) is 24.3 Å². The molecule has 34 heavy (non-hydrogen) atoms. The number of hydrogen-bond acceptors (Lipinski definition) is 2. The largest absolute Gasteiger partial charge is 0.465 e. The Hall–Kier alpha value is -3.25. The van der Waals surface area contributed by atoms with Crippen LogP contribution in [-0.2, 0) is 6.54 Å². The van der Waals surface area contributed by atoms with Crippen LogP contribution in [0, 0.1) is 29.4 Å². The Morgan fingerprint density at radius 1 is 0.912 bits per heavy atom. The highest BCUT2D eigenvalue weighted by atomic mass is 19.1. The molecule has 0 aromatic heterocycles. The number of anilines is 1. The van der Waals surface area contributed by atoms with Gasteiger partial charge in [-0.25, -0.2) is 13.6 Å².